The van der Waals surface area contributed by atoms with Crippen molar-refractivity contribution in [2.75, 3.05) is 25.6 Å². The fourth-order valence-electron chi connectivity index (χ4n) is 2.41. The topological polar surface area (TPSA) is 83.3 Å². The molecule has 0 aromatic carbocycles. The van der Waals surface area contributed by atoms with E-state index in [2.05, 4.69) is 27.7 Å². The lowest BCUT2D eigenvalue weighted by atomic mass is 10.0. The third-order valence-corrected chi connectivity index (χ3v) is 3.61. The summed E-state index contributed by atoms with van der Waals surface area (Å²) in [6.45, 7) is 1.76. The zero-order chi connectivity index (χ0) is 13.7. The number of carbonyl (C=O) groups excluding carboxylic acids is 1. The van der Waals surface area contributed by atoms with Crippen LogP contribution in [0.15, 0.2) is 18.3 Å². The van der Waals surface area contributed by atoms with E-state index in [0.29, 0.717) is 24.0 Å². The molecule has 0 bridgehead atoms. The summed E-state index contributed by atoms with van der Waals surface area (Å²) in [5.74, 6) is 5.61. The number of nitrogens with one attached hydrogen (secondary N) is 2. The van der Waals surface area contributed by atoms with E-state index in [1.165, 1.54) is 12.8 Å². The first-order chi connectivity index (χ1) is 9.22. The average Bonchev–Trinajstić information content (AvgIpc) is 2.46. The maximum Gasteiger partial charge on any atom is 0.255 e. The summed E-state index contributed by atoms with van der Waals surface area (Å²) >= 11 is 0. The first-order valence-corrected chi connectivity index (χ1v) is 6.62. The molecule has 6 heteroatoms. The van der Waals surface area contributed by atoms with E-state index in [-0.39, 0.29) is 5.91 Å². The molecule has 1 saturated heterocycles. The third kappa shape index (κ3) is 3.42. The van der Waals surface area contributed by atoms with Gasteiger partial charge in [0.1, 0.15) is 0 Å². The van der Waals surface area contributed by atoms with Crippen LogP contribution < -0.4 is 16.6 Å². The van der Waals surface area contributed by atoms with Gasteiger partial charge in [-0.05, 0) is 38.6 Å². The first-order valence-electron chi connectivity index (χ1n) is 6.62. The predicted molar refractivity (Wildman–Crippen MR) is 74.6 cm³/mol. The van der Waals surface area contributed by atoms with Crippen LogP contribution in [-0.4, -0.2) is 42.0 Å². The Balaban J connectivity index is 1.93. The summed E-state index contributed by atoms with van der Waals surface area (Å²) in [6.07, 6.45) is 5.20. The number of hydrogen-bond acceptors (Lipinski definition) is 5. The van der Waals surface area contributed by atoms with Crippen LogP contribution >= 0.6 is 0 Å². The molecule has 0 saturated carbocycles. The monoisotopic (exact) mass is 263 g/mol. The number of nitrogens with zero attached hydrogens (tertiary/aromatic N) is 2. The summed E-state index contributed by atoms with van der Waals surface area (Å²) in [6, 6.07) is 3.86. The Morgan fingerprint density at radius 3 is 3.16 bits per heavy atom. The lowest BCUT2D eigenvalue weighted by Gasteiger charge is -2.32. The van der Waals surface area contributed by atoms with Gasteiger partial charge < -0.3 is 15.6 Å². The molecule has 1 unspecified atom stereocenters. The Morgan fingerprint density at radius 2 is 2.42 bits per heavy atom. The SMILES string of the molecule is CN1CCCCC1CNC(=O)c1cccnc1NN. The number of nitrogens with two attached hydrogens (primary N) is 1. The van der Waals surface area contributed by atoms with Crippen LogP contribution in [0, 0.1) is 0 Å². The van der Waals surface area contributed by atoms with E-state index >= 15 is 0 Å². The first kappa shape index (κ1) is 13.8. The van der Waals surface area contributed by atoms with Gasteiger partial charge in [-0.25, -0.2) is 10.8 Å². The van der Waals surface area contributed by atoms with Gasteiger partial charge in [0.2, 0.25) is 0 Å². The molecule has 0 radical (unpaired) electrons. The number of amides is 1. The number of likely N-dealkylation sites (tertiary alicyclic amines) is 1. The van der Waals surface area contributed by atoms with Crippen LogP contribution in [0.2, 0.25) is 0 Å². The summed E-state index contributed by atoms with van der Waals surface area (Å²) in [5.41, 5.74) is 2.92. The molecule has 1 aliphatic heterocycles. The zero-order valence-corrected chi connectivity index (χ0v) is 11.2. The number of aromatic nitrogens is 1. The number of anilines is 1. The highest BCUT2D eigenvalue weighted by molar-refractivity contribution is 5.98. The maximum atomic E-state index is 12.1. The van der Waals surface area contributed by atoms with Crippen LogP contribution in [0.3, 0.4) is 0 Å². The molecular weight excluding hydrogens is 242 g/mol. The molecular formula is C13H21N5O. The van der Waals surface area contributed by atoms with Crippen molar-refractivity contribution in [3.63, 3.8) is 0 Å². The van der Waals surface area contributed by atoms with Gasteiger partial charge in [0.05, 0.1) is 5.56 Å². The largest absolute Gasteiger partial charge is 0.350 e. The highest BCUT2D eigenvalue weighted by Gasteiger charge is 2.20. The molecule has 1 amide bonds. The van der Waals surface area contributed by atoms with Crippen molar-refractivity contribution < 1.29 is 4.79 Å². The fraction of sp³-hybridized carbons (Fsp3) is 0.538. The maximum absolute atomic E-state index is 12.1. The van der Waals surface area contributed by atoms with E-state index < -0.39 is 0 Å². The molecule has 104 valence electrons. The number of pyridine rings is 1. The third-order valence-electron chi connectivity index (χ3n) is 3.61. The Hall–Kier alpha value is -1.66. The lowest BCUT2D eigenvalue weighted by molar-refractivity contribution is 0.0929. The van der Waals surface area contributed by atoms with E-state index in [4.69, 9.17) is 5.84 Å². The minimum absolute atomic E-state index is 0.139. The standard InChI is InChI=1S/C13H21N5O/c1-18-8-3-2-5-10(18)9-16-13(19)11-6-4-7-15-12(11)17-14/h4,6-7,10H,2-3,5,8-9,14H2,1H3,(H,15,17)(H,16,19). The van der Waals surface area contributed by atoms with Crippen LogP contribution in [0.25, 0.3) is 0 Å². The minimum atomic E-state index is -0.139. The highest BCUT2D eigenvalue weighted by atomic mass is 16.1. The van der Waals surface area contributed by atoms with Crippen LogP contribution in [0.5, 0.6) is 0 Å². The van der Waals surface area contributed by atoms with E-state index in [1.807, 2.05) is 0 Å². The molecule has 2 heterocycles. The summed E-state index contributed by atoms with van der Waals surface area (Å²) in [4.78, 5) is 18.4. The van der Waals surface area contributed by atoms with E-state index in [9.17, 15) is 4.79 Å². The minimum Gasteiger partial charge on any atom is -0.350 e. The quantitative estimate of drug-likeness (QED) is 0.547. The van der Waals surface area contributed by atoms with Crippen molar-refractivity contribution in [2.24, 2.45) is 5.84 Å². The number of hydrazine groups is 1. The molecule has 0 aliphatic carbocycles. The van der Waals surface area contributed by atoms with Gasteiger partial charge in [-0.2, -0.15) is 0 Å². The van der Waals surface area contributed by atoms with Crippen LogP contribution in [0.4, 0.5) is 5.82 Å². The zero-order valence-electron chi connectivity index (χ0n) is 11.2. The van der Waals surface area contributed by atoms with Crippen molar-refractivity contribution >= 4 is 11.7 Å². The fourth-order valence-corrected chi connectivity index (χ4v) is 2.41. The van der Waals surface area contributed by atoms with Crippen molar-refractivity contribution in [1.82, 2.24) is 15.2 Å². The second kappa shape index (κ2) is 6.49. The van der Waals surface area contributed by atoms with Crippen molar-refractivity contribution in [3.8, 4) is 0 Å². The van der Waals surface area contributed by atoms with Gasteiger partial charge in [0.15, 0.2) is 5.82 Å². The number of likely N-dealkylation sites (N-methyl/N-ethyl adjacent to an activating group) is 1. The van der Waals surface area contributed by atoms with Gasteiger partial charge in [-0.15, -0.1) is 0 Å². The second-order valence-electron chi connectivity index (χ2n) is 4.88. The molecule has 4 N–H and O–H groups in total. The molecule has 19 heavy (non-hydrogen) atoms. The van der Waals surface area contributed by atoms with Crippen molar-refractivity contribution in [3.05, 3.63) is 23.9 Å². The molecule has 6 nitrogen and oxygen atoms in total. The van der Waals surface area contributed by atoms with Gasteiger partial charge in [-0.1, -0.05) is 6.42 Å². The Kier molecular flexibility index (Phi) is 4.70. The Labute approximate surface area is 113 Å². The summed E-state index contributed by atoms with van der Waals surface area (Å²) in [5, 5.41) is 2.96. The molecule has 1 atom stereocenters. The Morgan fingerprint density at radius 1 is 1.58 bits per heavy atom. The molecule has 1 aromatic rings. The summed E-state index contributed by atoms with van der Waals surface area (Å²) < 4.78 is 0. The number of rotatable bonds is 4. The average molecular weight is 263 g/mol. The Bertz CT molecular complexity index is 437. The van der Waals surface area contributed by atoms with Crippen LogP contribution in [0.1, 0.15) is 29.6 Å². The highest BCUT2D eigenvalue weighted by Crippen LogP contribution is 2.15. The molecule has 1 fully saturated rings. The normalized spacial score (nSPS) is 20.0. The van der Waals surface area contributed by atoms with Crippen LogP contribution in [-0.2, 0) is 0 Å². The number of piperidine rings is 1. The lowest BCUT2D eigenvalue weighted by Crippen LogP contribution is -2.44. The van der Waals surface area contributed by atoms with Gasteiger partial charge in [0.25, 0.3) is 5.91 Å². The molecule has 2 rings (SSSR count). The summed E-state index contributed by atoms with van der Waals surface area (Å²) in [7, 11) is 2.10. The predicted octanol–water partition coefficient (Wildman–Crippen LogP) is 0.581. The van der Waals surface area contributed by atoms with Crippen molar-refractivity contribution in [1.29, 1.82) is 0 Å². The van der Waals surface area contributed by atoms with E-state index in [1.54, 1.807) is 18.3 Å². The van der Waals surface area contributed by atoms with E-state index in [0.717, 1.165) is 13.0 Å². The van der Waals surface area contributed by atoms with Gasteiger partial charge in [0, 0.05) is 18.8 Å². The number of nitrogen functional groups attached to an aromatic ring is 1. The van der Waals surface area contributed by atoms with Gasteiger partial charge >= 0.3 is 0 Å². The molecule has 0 spiro atoms. The number of carbonyl (C=O) groups is 1. The smallest absolute Gasteiger partial charge is 0.255 e. The molecule has 1 aliphatic rings. The van der Waals surface area contributed by atoms with Crippen molar-refractivity contribution in [2.45, 2.75) is 25.3 Å². The second-order valence-corrected chi connectivity index (χ2v) is 4.88. The molecule has 1 aromatic heterocycles. The van der Waals surface area contributed by atoms with Gasteiger partial charge in [-0.3, -0.25) is 4.79 Å². The number of hydrogen-bond donors (Lipinski definition) is 3.